The molecular weight excluding hydrogens is 477 g/mol. The Morgan fingerprint density at radius 2 is 1.69 bits per heavy atom. The van der Waals surface area contributed by atoms with Crippen LogP contribution in [0.3, 0.4) is 0 Å². The average molecular weight is 505 g/mol. The first-order chi connectivity index (χ1) is 11.3. The van der Waals surface area contributed by atoms with Crippen molar-refractivity contribution >= 4 is 11.6 Å². The third-order valence-electron chi connectivity index (χ3n) is 3.88. The van der Waals surface area contributed by atoms with E-state index in [1.807, 2.05) is 35.8 Å². The van der Waals surface area contributed by atoms with Crippen molar-refractivity contribution in [3.8, 4) is 0 Å². The zero-order chi connectivity index (χ0) is 18.3. The fraction of sp³-hybridized carbons (Fsp3) is 0.474. The first-order valence-corrected chi connectivity index (χ1v) is 8.15. The van der Waals surface area contributed by atoms with E-state index in [1.165, 1.54) is 6.92 Å². The molecule has 0 fully saturated rings. The van der Waals surface area contributed by atoms with E-state index in [1.54, 1.807) is 13.5 Å². The minimum Gasteiger partial charge on any atom is -0.455 e. The van der Waals surface area contributed by atoms with E-state index in [4.69, 9.17) is 0 Å². The minimum atomic E-state index is -0.185. The Morgan fingerprint density at radius 1 is 1.15 bits per heavy atom. The Labute approximate surface area is 232 Å². The molecule has 1 unspecified atom stereocenters. The molecule has 0 spiro atoms. The summed E-state index contributed by atoms with van der Waals surface area (Å²) >= 11 is 0. The van der Waals surface area contributed by atoms with Crippen LogP contribution in [0.25, 0.3) is 0 Å². The Balaban J connectivity index is 0. The topological polar surface area (TPSA) is 53.5 Å². The van der Waals surface area contributed by atoms with Crippen LogP contribution in [0, 0.1) is 27.3 Å². The second-order valence-electron chi connectivity index (χ2n) is 6.09. The molecule has 0 aromatic carbocycles. The maximum absolute atomic E-state index is 11.6. The Hall–Kier alpha value is 1.19. The van der Waals surface area contributed by atoms with E-state index >= 15 is 0 Å². The molecule has 5 nitrogen and oxygen atoms in total. The number of aryl methyl sites for hydroxylation is 1. The number of carbonyl (C=O) groups excluding carboxylic acids is 2. The fourth-order valence-electron chi connectivity index (χ4n) is 2.51. The van der Waals surface area contributed by atoms with Crippen molar-refractivity contribution in [2.75, 3.05) is 13.1 Å². The molecule has 7 heteroatoms. The van der Waals surface area contributed by atoms with E-state index in [0.29, 0.717) is 26.2 Å². The van der Waals surface area contributed by atoms with Crippen LogP contribution in [0.4, 0.5) is 0 Å². The average Bonchev–Trinajstić information content (AvgIpc) is 2.50. The Kier molecular flexibility index (Phi) is 17.1. The number of rotatable bonds is 10. The van der Waals surface area contributed by atoms with Crippen molar-refractivity contribution in [3.05, 3.63) is 49.5 Å². The number of ketones is 2. The normalized spacial score (nSPS) is 11.5. The molecule has 0 saturated carbocycles. The van der Waals surface area contributed by atoms with E-state index in [-0.39, 0.29) is 109 Å². The third-order valence-corrected chi connectivity index (χ3v) is 3.88. The van der Waals surface area contributed by atoms with E-state index in [9.17, 15) is 9.59 Å². The van der Waals surface area contributed by atoms with Gasteiger partial charge in [0.15, 0.2) is 0 Å². The van der Waals surface area contributed by atoms with Gasteiger partial charge in [0.25, 0.3) is 0 Å². The molecule has 0 amide bonds. The van der Waals surface area contributed by atoms with E-state index in [2.05, 4.69) is 18.8 Å². The molecule has 0 aliphatic rings. The van der Waals surface area contributed by atoms with Crippen LogP contribution in [0.2, 0.25) is 0 Å². The number of pyridine rings is 1. The number of aromatic nitrogens is 1. The van der Waals surface area contributed by atoms with Gasteiger partial charge in [-0.25, -0.2) is 0 Å². The second kappa shape index (κ2) is 15.1. The molecule has 0 aliphatic carbocycles. The number of hydrogen-bond donors (Lipinski definition) is 0. The van der Waals surface area contributed by atoms with E-state index < -0.39 is 0 Å². The number of hydrogen-bond acceptors (Lipinski definition) is 5. The van der Waals surface area contributed by atoms with Gasteiger partial charge in [-0.3, -0.25) is 16.3 Å². The van der Waals surface area contributed by atoms with Crippen LogP contribution in [-0.4, -0.2) is 45.5 Å². The molecule has 1 aromatic heterocycles. The molecule has 0 aliphatic heterocycles. The quantitative estimate of drug-likeness (QED) is 0.398. The summed E-state index contributed by atoms with van der Waals surface area (Å²) in [6.07, 6.45) is 0. The van der Waals surface area contributed by atoms with Gasteiger partial charge < -0.3 is 28.4 Å². The summed E-state index contributed by atoms with van der Waals surface area (Å²) in [7, 11) is 0. The van der Waals surface area contributed by atoms with Gasteiger partial charge >= 0.3 is 58.2 Å². The molecule has 0 saturated heterocycles. The van der Waals surface area contributed by atoms with Crippen molar-refractivity contribution in [3.63, 3.8) is 0 Å². The Bertz CT molecular complexity index is 584. The predicted octanol–water partition coefficient (Wildman–Crippen LogP) is -0.608. The summed E-state index contributed by atoms with van der Waals surface area (Å²) in [6, 6.07) is 3.83. The first kappa shape index (κ1) is 29.4. The van der Waals surface area contributed by atoms with E-state index in [0.717, 1.165) is 17.0 Å². The van der Waals surface area contributed by atoms with Crippen molar-refractivity contribution in [2.45, 2.75) is 46.8 Å². The van der Waals surface area contributed by atoms with Gasteiger partial charge in [0.1, 0.15) is 5.78 Å². The molecule has 26 heavy (non-hydrogen) atoms. The third kappa shape index (κ3) is 10.7. The maximum atomic E-state index is 11.6. The van der Waals surface area contributed by atoms with Crippen LogP contribution in [0.1, 0.15) is 37.7 Å². The minimum absolute atomic E-state index is 0. The Morgan fingerprint density at radius 3 is 2.12 bits per heavy atom. The molecule has 1 rings (SSSR count). The predicted molar refractivity (Wildman–Crippen MR) is 95.6 cm³/mol. The van der Waals surface area contributed by atoms with Crippen LogP contribution >= 0.6 is 0 Å². The van der Waals surface area contributed by atoms with Crippen LogP contribution in [0.5, 0.6) is 0 Å². The SMILES string of the molecule is [CH2-]CN([CH-]C(C)=O)Cc1cc(C)cc(CN(C[CH2-])C(C)C(C)=O)n1.[Rb+].[Y]. The summed E-state index contributed by atoms with van der Waals surface area (Å²) in [6.45, 7) is 18.5. The largest absolute Gasteiger partial charge is 1.00 e. The van der Waals surface area contributed by atoms with Gasteiger partial charge in [0.2, 0.25) is 0 Å². The standard InChI is InChI=1S/C19H28N3O2.Rb.Y/c1-7-21(11-15(4)23)12-18-9-14(3)10-19(20-18)13-22(8-2)16(5)17(6)24;;/h9-11,16H,1-2,7-8,12-13H2,3-6H3;;/q-3;+1;. The first-order valence-electron chi connectivity index (χ1n) is 8.15. The molecular formula is C19H28N3O2RbY-2. The summed E-state index contributed by atoms with van der Waals surface area (Å²) in [5.74, 6) is 0.107. The molecule has 0 N–H and O–H groups in total. The van der Waals surface area contributed by atoms with Crippen molar-refractivity contribution in [1.29, 1.82) is 0 Å². The molecule has 1 aromatic rings. The van der Waals surface area contributed by atoms with Gasteiger partial charge in [-0.1, -0.05) is 0 Å². The number of carbonyl (C=O) groups is 2. The second-order valence-corrected chi connectivity index (χ2v) is 6.09. The molecule has 1 radical (unpaired) electrons. The van der Waals surface area contributed by atoms with Gasteiger partial charge in [-0.2, -0.15) is 6.54 Å². The summed E-state index contributed by atoms with van der Waals surface area (Å²) in [5.41, 5.74) is 2.88. The molecule has 1 atom stereocenters. The van der Waals surface area contributed by atoms with Crippen LogP contribution in [0.15, 0.2) is 12.1 Å². The summed E-state index contributed by atoms with van der Waals surface area (Å²) in [4.78, 5) is 31.4. The molecule has 1 heterocycles. The zero-order valence-corrected chi connectivity index (χ0v) is 24.5. The van der Waals surface area contributed by atoms with Gasteiger partial charge in [-0.15, -0.1) is 6.54 Å². The molecule has 0 bridgehead atoms. The summed E-state index contributed by atoms with van der Waals surface area (Å²) < 4.78 is 0. The summed E-state index contributed by atoms with van der Waals surface area (Å²) in [5, 5.41) is 0. The fourth-order valence-corrected chi connectivity index (χ4v) is 2.51. The maximum Gasteiger partial charge on any atom is 1.00 e. The monoisotopic (exact) mass is 504 g/mol. The number of nitrogens with zero attached hydrogens (tertiary/aromatic N) is 3. The smallest absolute Gasteiger partial charge is 0.455 e. The van der Waals surface area contributed by atoms with Crippen LogP contribution in [-0.2, 0) is 55.4 Å². The molecule has 137 valence electrons. The number of Topliss-reactive ketones (excluding diaryl/α,β-unsaturated/α-hetero) is 2. The van der Waals surface area contributed by atoms with Crippen molar-refractivity contribution in [2.24, 2.45) is 0 Å². The van der Waals surface area contributed by atoms with Crippen LogP contribution < -0.4 is 58.2 Å². The van der Waals surface area contributed by atoms with Gasteiger partial charge in [0, 0.05) is 51.6 Å². The van der Waals surface area contributed by atoms with Crippen molar-refractivity contribution < 1.29 is 100 Å². The van der Waals surface area contributed by atoms with Gasteiger partial charge in [-0.05, 0) is 45.4 Å². The zero-order valence-electron chi connectivity index (χ0n) is 16.8. The van der Waals surface area contributed by atoms with Gasteiger partial charge in [0.05, 0.1) is 17.4 Å². The van der Waals surface area contributed by atoms with Crippen molar-refractivity contribution in [1.82, 2.24) is 14.8 Å².